The summed E-state index contributed by atoms with van der Waals surface area (Å²) in [5, 5.41) is 0. The Bertz CT molecular complexity index is 639. The molecule has 0 nitrogen and oxygen atoms in total. The van der Waals surface area contributed by atoms with Gasteiger partial charge < -0.3 is 0 Å². The van der Waals surface area contributed by atoms with Gasteiger partial charge >= 0.3 is 136 Å². The van der Waals surface area contributed by atoms with Crippen LogP contribution in [0.15, 0.2) is 91.0 Å². The normalized spacial score (nSPS) is 13.3. The van der Waals surface area contributed by atoms with Crippen molar-refractivity contribution < 1.29 is 0 Å². The van der Waals surface area contributed by atoms with E-state index in [1.54, 1.807) is 0 Å². The fourth-order valence-corrected chi connectivity index (χ4v) is 19.7. The molecule has 0 bridgehead atoms. The van der Waals surface area contributed by atoms with Gasteiger partial charge in [0.1, 0.15) is 0 Å². The molecule has 0 saturated heterocycles. The zero-order chi connectivity index (χ0) is 15.5. The molecular formula is C20H22PSb. The van der Waals surface area contributed by atoms with Crippen molar-refractivity contribution in [2.75, 3.05) is 0 Å². The third kappa shape index (κ3) is 2.34. The number of hydrogen-bond acceptors (Lipinski definition) is 0. The average Bonchev–Trinajstić information content (AvgIpc) is 2.63. The topological polar surface area (TPSA) is 0 Å². The minimum atomic E-state index is -3.49. The third-order valence-electron chi connectivity index (χ3n) is 4.70. The number of rotatable bonds is 4. The van der Waals surface area contributed by atoms with Crippen molar-refractivity contribution in [3.8, 4) is 0 Å². The van der Waals surface area contributed by atoms with E-state index in [9.17, 15) is 0 Å². The summed E-state index contributed by atoms with van der Waals surface area (Å²) < 4.78 is 5.66. The van der Waals surface area contributed by atoms with Crippen LogP contribution in [0.25, 0.3) is 0 Å². The van der Waals surface area contributed by atoms with Crippen LogP contribution < -0.4 is 10.5 Å². The van der Waals surface area contributed by atoms with Crippen molar-refractivity contribution in [1.82, 2.24) is 0 Å². The summed E-state index contributed by atoms with van der Waals surface area (Å²) in [5.74, 6) is 0. The molecule has 3 aromatic carbocycles. The molecule has 0 aliphatic rings. The van der Waals surface area contributed by atoms with E-state index in [1.165, 1.54) is 10.5 Å². The van der Waals surface area contributed by atoms with E-state index in [-0.39, 0.29) is 0 Å². The fraction of sp³-hybridized carbons (Fsp3) is 0.100. The first-order chi connectivity index (χ1) is 10.7. The Morgan fingerprint density at radius 2 is 0.864 bits per heavy atom. The van der Waals surface area contributed by atoms with Crippen molar-refractivity contribution in [3.05, 3.63) is 91.0 Å². The number of hydrogen-bond donors (Lipinski definition) is 0. The molecule has 112 valence electrons. The second-order valence-corrected chi connectivity index (χ2v) is 27.4. The van der Waals surface area contributed by atoms with Crippen LogP contribution >= 0.6 is 6.81 Å². The summed E-state index contributed by atoms with van der Waals surface area (Å²) in [4.78, 5) is 0. The van der Waals surface area contributed by atoms with Crippen LogP contribution in [-0.2, 0) is 0 Å². The van der Waals surface area contributed by atoms with Crippen LogP contribution in [0.3, 0.4) is 0 Å². The van der Waals surface area contributed by atoms with Crippen LogP contribution in [0.2, 0.25) is 4.37 Å². The molecule has 0 heterocycles. The van der Waals surface area contributed by atoms with Gasteiger partial charge in [-0.2, -0.15) is 0 Å². The third-order valence-corrected chi connectivity index (χ3v) is 29.5. The summed E-state index contributed by atoms with van der Waals surface area (Å²) in [6.07, 6.45) is 0. The monoisotopic (exact) mass is 414 g/mol. The summed E-state index contributed by atoms with van der Waals surface area (Å²) in [6.45, 7) is 5.74. The zero-order valence-electron chi connectivity index (χ0n) is 12.9. The van der Waals surface area contributed by atoms with Crippen molar-refractivity contribution >= 4 is 34.2 Å². The van der Waals surface area contributed by atoms with E-state index < -0.39 is 16.8 Å². The SMILES string of the molecule is C[CH2][Sb]([PH2])([c]1ccccc1)([c]1ccccc1)[c]1ccccc1. The van der Waals surface area contributed by atoms with Crippen LogP contribution in [0.1, 0.15) is 6.92 Å². The van der Waals surface area contributed by atoms with Gasteiger partial charge in [-0.05, 0) is 0 Å². The molecule has 0 aliphatic heterocycles. The predicted octanol–water partition coefficient (Wildman–Crippen LogP) is 3.50. The van der Waals surface area contributed by atoms with Gasteiger partial charge in [0.25, 0.3) is 0 Å². The van der Waals surface area contributed by atoms with Crippen molar-refractivity contribution in [3.63, 3.8) is 0 Å². The Labute approximate surface area is 136 Å². The fourth-order valence-electron chi connectivity index (χ4n) is 3.30. The van der Waals surface area contributed by atoms with Crippen molar-refractivity contribution in [1.29, 1.82) is 0 Å². The molecule has 0 saturated carbocycles. The summed E-state index contributed by atoms with van der Waals surface area (Å²) in [5.41, 5.74) is 0. The van der Waals surface area contributed by atoms with Crippen LogP contribution in [0, 0.1) is 0 Å². The van der Waals surface area contributed by atoms with Crippen LogP contribution in [0.5, 0.6) is 0 Å². The summed E-state index contributed by atoms with van der Waals surface area (Å²) in [6, 6.07) is 33.3. The molecule has 2 heteroatoms. The van der Waals surface area contributed by atoms with E-state index in [0.717, 1.165) is 4.37 Å². The van der Waals surface area contributed by atoms with Gasteiger partial charge in [0.2, 0.25) is 0 Å². The van der Waals surface area contributed by atoms with Crippen LogP contribution in [0.4, 0.5) is 0 Å². The second kappa shape index (κ2) is 6.19. The molecule has 1 unspecified atom stereocenters. The molecule has 0 aromatic heterocycles. The quantitative estimate of drug-likeness (QED) is 0.452. The molecule has 0 spiro atoms. The van der Waals surface area contributed by atoms with E-state index in [1.807, 2.05) is 0 Å². The van der Waals surface area contributed by atoms with Crippen molar-refractivity contribution in [2.45, 2.75) is 11.3 Å². The first kappa shape index (κ1) is 15.8. The van der Waals surface area contributed by atoms with Gasteiger partial charge in [-0.25, -0.2) is 0 Å². The van der Waals surface area contributed by atoms with Gasteiger partial charge in [-0.1, -0.05) is 0 Å². The zero-order valence-corrected chi connectivity index (χ0v) is 16.6. The van der Waals surface area contributed by atoms with Gasteiger partial charge in [0.15, 0.2) is 0 Å². The Kier molecular flexibility index (Phi) is 4.44. The average molecular weight is 415 g/mol. The van der Waals surface area contributed by atoms with E-state index >= 15 is 0 Å². The Morgan fingerprint density at radius 3 is 1.09 bits per heavy atom. The second-order valence-electron chi connectivity index (χ2n) is 5.70. The predicted molar refractivity (Wildman–Crippen MR) is 104 cm³/mol. The van der Waals surface area contributed by atoms with E-state index in [0.29, 0.717) is 0 Å². The molecule has 22 heavy (non-hydrogen) atoms. The summed E-state index contributed by atoms with van der Waals surface area (Å²) >= 11 is -3.49. The number of benzene rings is 3. The maximum absolute atomic E-state index is 3.49. The summed E-state index contributed by atoms with van der Waals surface area (Å²) in [7, 11) is 0. The molecule has 0 aliphatic carbocycles. The molecule has 3 rings (SSSR count). The molecule has 0 amide bonds. The van der Waals surface area contributed by atoms with Crippen LogP contribution in [-0.4, -0.2) is 16.8 Å². The molecular weight excluding hydrogens is 393 g/mol. The standard InChI is InChI=1S/3C6H5.C2H5.H2P.Sb/c3*1-2-4-6-5-3-1;1-2;;/h3*1-5H;1H2,2H3;1H2;/q;;;;-1;+1. The van der Waals surface area contributed by atoms with E-state index in [2.05, 4.69) is 105 Å². The Hall–Kier alpha value is -1.09. The van der Waals surface area contributed by atoms with Gasteiger partial charge in [-0.3, -0.25) is 0 Å². The molecule has 0 radical (unpaired) electrons. The van der Waals surface area contributed by atoms with Gasteiger partial charge in [-0.15, -0.1) is 0 Å². The maximum atomic E-state index is 3.40. The van der Waals surface area contributed by atoms with E-state index in [4.69, 9.17) is 0 Å². The van der Waals surface area contributed by atoms with Gasteiger partial charge in [0.05, 0.1) is 0 Å². The first-order valence-corrected chi connectivity index (χ1v) is 18.3. The molecule has 0 N–H and O–H groups in total. The molecule has 3 aromatic rings. The molecule has 1 atom stereocenters. The molecule has 0 fully saturated rings. The Morgan fingerprint density at radius 1 is 0.591 bits per heavy atom. The Balaban J connectivity index is 2.41. The first-order valence-electron chi connectivity index (χ1n) is 7.68. The van der Waals surface area contributed by atoms with Gasteiger partial charge in [0, 0.05) is 0 Å². The van der Waals surface area contributed by atoms with Crippen molar-refractivity contribution in [2.24, 2.45) is 0 Å². The minimum absolute atomic E-state index is 1.16.